The van der Waals surface area contributed by atoms with E-state index in [-0.39, 0.29) is 5.56 Å². The first-order valence-corrected chi connectivity index (χ1v) is 6.56. The lowest BCUT2D eigenvalue weighted by Crippen LogP contribution is -2.14. The molecular formula is C13H14N2OS. The Balaban J connectivity index is 2.49. The third-order valence-electron chi connectivity index (χ3n) is 2.76. The third-order valence-corrected chi connectivity index (χ3v) is 3.50. The normalized spacial score (nSPS) is 10.5. The Labute approximate surface area is 104 Å². The van der Waals surface area contributed by atoms with Crippen LogP contribution in [0.3, 0.4) is 0 Å². The lowest BCUT2D eigenvalue weighted by Gasteiger charge is -2.04. The van der Waals surface area contributed by atoms with Gasteiger partial charge in [-0.3, -0.25) is 4.79 Å². The first kappa shape index (κ1) is 11.9. The zero-order valence-electron chi connectivity index (χ0n) is 10.1. The molecule has 0 amide bonds. The number of aromatic nitrogens is 2. The first-order chi connectivity index (χ1) is 8.11. The van der Waals surface area contributed by atoms with E-state index in [0.717, 1.165) is 11.3 Å². The molecule has 0 spiro atoms. The highest BCUT2D eigenvalue weighted by Gasteiger charge is 2.05. The fraction of sp³-hybridized carbons (Fsp3) is 0.231. The van der Waals surface area contributed by atoms with Crippen molar-refractivity contribution in [3.05, 3.63) is 45.9 Å². The van der Waals surface area contributed by atoms with Crippen LogP contribution in [0.2, 0.25) is 0 Å². The van der Waals surface area contributed by atoms with Gasteiger partial charge in [0.1, 0.15) is 5.82 Å². The molecule has 0 aliphatic carbocycles. The fourth-order valence-corrected chi connectivity index (χ4v) is 1.94. The van der Waals surface area contributed by atoms with Crippen LogP contribution in [0.25, 0.3) is 11.4 Å². The maximum absolute atomic E-state index is 11.7. The second-order valence-electron chi connectivity index (χ2n) is 3.85. The summed E-state index contributed by atoms with van der Waals surface area (Å²) < 4.78 is 0. The van der Waals surface area contributed by atoms with Crippen LogP contribution in [0.1, 0.15) is 11.3 Å². The first-order valence-electron chi connectivity index (χ1n) is 5.34. The van der Waals surface area contributed by atoms with Crippen LogP contribution in [-0.2, 0) is 0 Å². The summed E-state index contributed by atoms with van der Waals surface area (Å²) in [5, 5.41) is 0. The van der Waals surface area contributed by atoms with Gasteiger partial charge >= 0.3 is 0 Å². The molecule has 0 radical (unpaired) electrons. The van der Waals surface area contributed by atoms with Gasteiger partial charge < -0.3 is 4.98 Å². The highest BCUT2D eigenvalue weighted by Crippen LogP contribution is 2.20. The SMILES string of the molecule is CSc1ccc(-c2nc(C)c(C)c(=O)[nH]2)cc1. The third kappa shape index (κ3) is 2.42. The van der Waals surface area contributed by atoms with Crippen molar-refractivity contribution in [3.8, 4) is 11.4 Å². The molecule has 0 bridgehead atoms. The number of nitrogens with zero attached hydrogens (tertiary/aromatic N) is 1. The molecule has 0 saturated carbocycles. The highest BCUT2D eigenvalue weighted by atomic mass is 32.2. The van der Waals surface area contributed by atoms with Crippen LogP contribution < -0.4 is 5.56 Å². The Kier molecular flexibility index (Phi) is 3.33. The Morgan fingerprint density at radius 1 is 1.18 bits per heavy atom. The topological polar surface area (TPSA) is 45.8 Å². The van der Waals surface area contributed by atoms with E-state index < -0.39 is 0 Å². The summed E-state index contributed by atoms with van der Waals surface area (Å²) in [6.45, 7) is 3.63. The van der Waals surface area contributed by atoms with Crippen molar-refractivity contribution < 1.29 is 0 Å². The summed E-state index contributed by atoms with van der Waals surface area (Å²) >= 11 is 1.69. The Morgan fingerprint density at radius 2 is 1.82 bits per heavy atom. The fourth-order valence-electron chi connectivity index (χ4n) is 1.53. The van der Waals surface area contributed by atoms with Gasteiger partial charge in [-0.25, -0.2) is 4.98 Å². The molecule has 17 heavy (non-hydrogen) atoms. The molecule has 88 valence electrons. The quantitative estimate of drug-likeness (QED) is 0.829. The van der Waals surface area contributed by atoms with E-state index in [9.17, 15) is 4.79 Å². The van der Waals surface area contributed by atoms with E-state index in [1.807, 2.05) is 37.4 Å². The van der Waals surface area contributed by atoms with Crippen LogP contribution in [0, 0.1) is 13.8 Å². The average molecular weight is 246 g/mol. The van der Waals surface area contributed by atoms with E-state index in [1.165, 1.54) is 4.90 Å². The molecule has 1 heterocycles. The second kappa shape index (κ2) is 4.75. The number of hydrogen-bond acceptors (Lipinski definition) is 3. The van der Waals surface area contributed by atoms with E-state index in [2.05, 4.69) is 9.97 Å². The molecule has 2 rings (SSSR count). The molecule has 1 aromatic heterocycles. The lowest BCUT2D eigenvalue weighted by molar-refractivity contribution is 1.03. The number of H-pyrrole nitrogens is 1. The molecule has 1 aromatic carbocycles. The summed E-state index contributed by atoms with van der Waals surface area (Å²) in [4.78, 5) is 20.0. The smallest absolute Gasteiger partial charge is 0.254 e. The molecule has 0 fully saturated rings. The zero-order valence-corrected chi connectivity index (χ0v) is 10.9. The Morgan fingerprint density at radius 3 is 2.35 bits per heavy atom. The number of rotatable bonds is 2. The molecule has 1 N–H and O–H groups in total. The summed E-state index contributed by atoms with van der Waals surface area (Å²) in [6, 6.07) is 7.99. The van der Waals surface area contributed by atoms with Crippen molar-refractivity contribution in [2.45, 2.75) is 18.7 Å². The maximum atomic E-state index is 11.7. The van der Waals surface area contributed by atoms with Crippen LogP contribution in [0.5, 0.6) is 0 Å². The molecule has 0 aliphatic rings. The van der Waals surface area contributed by atoms with E-state index in [0.29, 0.717) is 11.4 Å². The molecule has 2 aromatic rings. The van der Waals surface area contributed by atoms with Crippen LogP contribution in [0.15, 0.2) is 34.0 Å². The molecule has 3 nitrogen and oxygen atoms in total. The zero-order chi connectivity index (χ0) is 12.4. The lowest BCUT2D eigenvalue weighted by atomic mass is 10.2. The van der Waals surface area contributed by atoms with Gasteiger partial charge in [0, 0.05) is 21.7 Å². The van der Waals surface area contributed by atoms with Gasteiger partial charge in [0.2, 0.25) is 0 Å². The van der Waals surface area contributed by atoms with Gasteiger partial charge in [0.05, 0.1) is 0 Å². The minimum atomic E-state index is -0.0681. The molecule has 0 aliphatic heterocycles. The Hall–Kier alpha value is -1.55. The van der Waals surface area contributed by atoms with Gasteiger partial charge in [-0.1, -0.05) is 12.1 Å². The number of hydrogen-bond donors (Lipinski definition) is 1. The number of aryl methyl sites for hydroxylation is 1. The molecule has 4 heteroatoms. The van der Waals surface area contributed by atoms with Crippen LogP contribution in [0.4, 0.5) is 0 Å². The molecule has 0 unspecified atom stereocenters. The average Bonchev–Trinajstić information content (AvgIpc) is 2.35. The molecule has 0 saturated heterocycles. The predicted molar refractivity (Wildman–Crippen MR) is 71.5 cm³/mol. The van der Waals surface area contributed by atoms with E-state index in [1.54, 1.807) is 18.7 Å². The van der Waals surface area contributed by atoms with Crippen molar-refractivity contribution >= 4 is 11.8 Å². The summed E-state index contributed by atoms with van der Waals surface area (Å²) in [5.41, 5.74) is 2.32. The van der Waals surface area contributed by atoms with Gasteiger partial charge in [0.15, 0.2) is 0 Å². The van der Waals surface area contributed by atoms with Crippen molar-refractivity contribution in [2.24, 2.45) is 0 Å². The van der Waals surface area contributed by atoms with Gasteiger partial charge in [-0.05, 0) is 32.2 Å². The van der Waals surface area contributed by atoms with Gasteiger partial charge in [-0.2, -0.15) is 0 Å². The summed E-state index contributed by atoms with van der Waals surface area (Å²) in [6.07, 6.45) is 2.03. The van der Waals surface area contributed by atoms with Gasteiger partial charge in [-0.15, -0.1) is 11.8 Å². The highest BCUT2D eigenvalue weighted by molar-refractivity contribution is 7.98. The number of thioether (sulfide) groups is 1. The van der Waals surface area contributed by atoms with Crippen molar-refractivity contribution in [1.29, 1.82) is 0 Å². The monoisotopic (exact) mass is 246 g/mol. The Bertz CT molecular complexity index is 587. The predicted octanol–water partition coefficient (Wildman–Crippen LogP) is 2.78. The van der Waals surface area contributed by atoms with Crippen molar-refractivity contribution in [3.63, 3.8) is 0 Å². The summed E-state index contributed by atoms with van der Waals surface area (Å²) in [5.74, 6) is 0.630. The van der Waals surface area contributed by atoms with E-state index in [4.69, 9.17) is 0 Å². The minimum Gasteiger partial charge on any atom is -0.306 e. The van der Waals surface area contributed by atoms with Crippen molar-refractivity contribution in [1.82, 2.24) is 9.97 Å². The van der Waals surface area contributed by atoms with E-state index >= 15 is 0 Å². The van der Waals surface area contributed by atoms with Gasteiger partial charge in [0.25, 0.3) is 5.56 Å². The number of nitrogens with one attached hydrogen (secondary N) is 1. The maximum Gasteiger partial charge on any atom is 0.254 e. The second-order valence-corrected chi connectivity index (χ2v) is 4.73. The molecular weight excluding hydrogens is 232 g/mol. The number of benzene rings is 1. The van der Waals surface area contributed by atoms with Crippen LogP contribution in [-0.4, -0.2) is 16.2 Å². The largest absolute Gasteiger partial charge is 0.306 e. The van der Waals surface area contributed by atoms with Crippen molar-refractivity contribution in [2.75, 3.05) is 6.26 Å². The number of aromatic amines is 1. The van der Waals surface area contributed by atoms with Crippen LogP contribution >= 0.6 is 11.8 Å². The minimum absolute atomic E-state index is 0.0681. The summed E-state index contributed by atoms with van der Waals surface area (Å²) in [7, 11) is 0. The molecule has 0 atom stereocenters. The standard InChI is InChI=1S/C13H14N2OS/c1-8-9(2)14-12(15-13(8)16)10-4-6-11(17-3)7-5-10/h4-7H,1-3H3,(H,14,15,16).